The highest BCUT2D eigenvalue weighted by atomic mass is 35.5. The van der Waals surface area contributed by atoms with Gasteiger partial charge in [-0.05, 0) is 67.3 Å². The van der Waals surface area contributed by atoms with E-state index in [1.165, 1.54) is 19.2 Å². The lowest BCUT2D eigenvalue weighted by atomic mass is 10.0. The number of amides is 1. The van der Waals surface area contributed by atoms with Crippen LogP contribution in [0.15, 0.2) is 47.4 Å². The molecular formula is C20H25ClN2O4S. The van der Waals surface area contributed by atoms with Crippen molar-refractivity contribution in [1.82, 2.24) is 4.72 Å². The molecule has 28 heavy (non-hydrogen) atoms. The fourth-order valence-electron chi connectivity index (χ4n) is 2.68. The van der Waals surface area contributed by atoms with Gasteiger partial charge in [0.15, 0.2) is 0 Å². The average Bonchev–Trinajstić information content (AvgIpc) is 2.63. The van der Waals surface area contributed by atoms with Crippen LogP contribution in [0.5, 0.6) is 5.75 Å². The van der Waals surface area contributed by atoms with Gasteiger partial charge in [-0.3, -0.25) is 4.79 Å². The number of carbonyl (C=O) groups is 1. The summed E-state index contributed by atoms with van der Waals surface area (Å²) in [4.78, 5) is 12.9. The number of aryl methyl sites for hydroxylation is 1. The molecule has 2 rings (SSSR count). The molecule has 0 unspecified atom stereocenters. The Balaban J connectivity index is 2.22. The Kier molecular flexibility index (Phi) is 7.46. The maximum absolute atomic E-state index is 12.8. The highest BCUT2D eigenvalue weighted by molar-refractivity contribution is 7.89. The molecule has 2 aromatic rings. The summed E-state index contributed by atoms with van der Waals surface area (Å²) >= 11 is 5.95. The first-order valence-corrected chi connectivity index (χ1v) is 10.7. The van der Waals surface area contributed by atoms with Gasteiger partial charge >= 0.3 is 0 Å². The molecule has 0 saturated heterocycles. The van der Waals surface area contributed by atoms with Crippen LogP contribution in [-0.4, -0.2) is 27.5 Å². The van der Waals surface area contributed by atoms with Gasteiger partial charge in [-0.2, -0.15) is 4.72 Å². The summed E-state index contributed by atoms with van der Waals surface area (Å²) in [5, 5.41) is 3.35. The second-order valence-electron chi connectivity index (χ2n) is 6.93. The molecule has 0 spiro atoms. The van der Waals surface area contributed by atoms with Crippen LogP contribution in [0.4, 0.5) is 5.69 Å². The predicted molar refractivity (Wildman–Crippen MR) is 111 cm³/mol. The summed E-state index contributed by atoms with van der Waals surface area (Å²) in [5.74, 6) is 0.241. The molecule has 0 fully saturated rings. The maximum atomic E-state index is 12.8. The van der Waals surface area contributed by atoms with Crippen LogP contribution in [0, 0.1) is 12.8 Å². The number of halogens is 1. The summed E-state index contributed by atoms with van der Waals surface area (Å²) in [6.45, 7) is 5.67. The molecular weight excluding hydrogens is 400 g/mol. The molecule has 1 amide bonds. The predicted octanol–water partition coefficient (Wildman–Crippen LogP) is 3.99. The second-order valence-corrected chi connectivity index (χ2v) is 9.08. The van der Waals surface area contributed by atoms with E-state index in [4.69, 9.17) is 16.3 Å². The summed E-state index contributed by atoms with van der Waals surface area (Å²) in [6, 6.07) is 10.2. The van der Waals surface area contributed by atoms with Crippen molar-refractivity contribution in [2.45, 2.75) is 38.1 Å². The smallest absolute Gasteiger partial charge is 0.242 e. The Morgan fingerprint density at radius 2 is 1.79 bits per heavy atom. The van der Waals surface area contributed by atoms with Gasteiger partial charge in [0.2, 0.25) is 15.9 Å². The number of hydrogen-bond donors (Lipinski definition) is 2. The van der Waals surface area contributed by atoms with Crippen LogP contribution in [0.1, 0.15) is 25.8 Å². The minimum atomic E-state index is -3.87. The van der Waals surface area contributed by atoms with Crippen molar-refractivity contribution in [2.75, 3.05) is 12.4 Å². The largest absolute Gasteiger partial charge is 0.497 e. The molecule has 0 aliphatic rings. The first-order valence-electron chi connectivity index (χ1n) is 8.86. The van der Waals surface area contributed by atoms with E-state index in [1.54, 1.807) is 30.3 Å². The minimum absolute atomic E-state index is 0.0672. The quantitative estimate of drug-likeness (QED) is 0.671. The van der Waals surface area contributed by atoms with E-state index in [2.05, 4.69) is 10.0 Å². The van der Waals surface area contributed by atoms with Crippen molar-refractivity contribution >= 4 is 33.2 Å². The molecule has 0 heterocycles. The van der Waals surface area contributed by atoms with E-state index < -0.39 is 22.0 Å². The lowest BCUT2D eigenvalue weighted by Crippen LogP contribution is -2.44. The van der Waals surface area contributed by atoms with Gasteiger partial charge < -0.3 is 10.1 Å². The number of carbonyl (C=O) groups excluding carboxylic acids is 1. The first kappa shape index (κ1) is 22.2. The number of nitrogens with one attached hydrogen (secondary N) is 2. The third-order valence-electron chi connectivity index (χ3n) is 4.14. The number of methoxy groups -OCH3 is 1. The van der Waals surface area contributed by atoms with Gasteiger partial charge in [-0.15, -0.1) is 0 Å². The number of sulfonamides is 1. The van der Waals surface area contributed by atoms with Crippen LogP contribution >= 0.6 is 11.6 Å². The zero-order valence-electron chi connectivity index (χ0n) is 16.3. The number of rotatable bonds is 8. The van der Waals surface area contributed by atoms with Gasteiger partial charge in [0.05, 0.1) is 12.0 Å². The molecule has 1 atom stereocenters. The van der Waals surface area contributed by atoms with E-state index in [0.717, 1.165) is 5.56 Å². The Bertz CT molecular complexity index is 928. The van der Waals surface area contributed by atoms with Crippen molar-refractivity contribution in [3.8, 4) is 5.75 Å². The van der Waals surface area contributed by atoms with E-state index in [0.29, 0.717) is 22.9 Å². The molecule has 0 aliphatic carbocycles. The molecule has 152 valence electrons. The number of benzene rings is 2. The lowest BCUT2D eigenvalue weighted by Gasteiger charge is -2.21. The summed E-state index contributed by atoms with van der Waals surface area (Å²) in [7, 11) is -2.37. The fourth-order valence-corrected chi connectivity index (χ4v) is 4.11. The van der Waals surface area contributed by atoms with Gasteiger partial charge in [-0.1, -0.05) is 25.4 Å². The van der Waals surface area contributed by atoms with E-state index in [-0.39, 0.29) is 10.8 Å². The number of anilines is 1. The van der Waals surface area contributed by atoms with Crippen LogP contribution < -0.4 is 14.8 Å². The molecule has 0 aromatic heterocycles. The number of ether oxygens (including phenoxy) is 1. The van der Waals surface area contributed by atoms with Crippen molar-refractivity contribution in [3.05, 3.63) is 53.1 Å². The Morgan fingerprint density at radius 3 is 2.32 bits per heavy atom. The monoisotopic (exact) mass is 424 g/mol. The topological polar surface area (TPSA) is 84.5 Å². The molecule has 8 heteroatoms. The normalized spacial score (nSPS) is 12.6. The average molecular weight is 425 g/mol. The lowest BCUT2D eigenvalue weighted by molar-refractivity contribution is -0.118. The first-order chi connectivity index (χ1) is 13.1. The van der Waals surface area contributed by atoms with Crippen molar-refractivity contribution in [2.24, 2.45) is 5.92 Å². The van der Waals surface area contributed by atoms with Crippen molar-refractivity contribution in [1.29, 1.82) is 0 Å². The second kappa shape index (κ2) is 9.41. The fraction of sp³-hybridized carbons (Fsp3) is 0.350. The molecule has 2 aromatic carbocycles. The molecule has 6 nitrogen and oxygen atoms in total. The highest BCUT2D eigenvalue weighted by Gasteiger charge is 2.27. The van der Waals surface area contributed by atoms with E-state index >= 15 is 0 Å². The standard InChI is InChI=1S/C20H25ClN2O4S/c1-13(2)11-19(20(24)22-18-10-5-15(21)12-14(18)3)23-28(25,26)17-8-6-16(27-4)7-9-17/h5-10,12-13,19,23H,11H2,1-4H3,(H,22,24)/t19-/m1/s1. The third kappa shape index (κ3) is 5.95. The Labute approximate surface area is 171 Å². The van der Waals surface area contributed by atoms with Gasteiger partial charge in [0.1, 0.15) is 11.8 Å². The van der Waals surface area contributed by atoms with Crippen LogP contribution in [-0.2, 0) is 14.8 Å². The molecule has 0 bridgehead atoms. The highest BCUT2D eigenvalue weighted by Crippen LogP contribution is 2.21. The van der Waals surface area contributed by atoms with E-state index in [1.807, 2.05) is 20.8 Å². The Morgan fingerprint density at radius 1 is 1.14 bits per heavy atom. The van der Waals surface area contributed by atoms with E-state index in [9.17, 15) is 13.2 Å². The summed E-state index contributed by atoms with van der Waals surface area (Å²) in [6.07, 6.45) is 0.355. The van der Waals surface area contributed by atoms with Crippen LogP contribution in [0.3, 0.4) is 0 Å². The van der Waals surface area contributed by atoms with Gasteiger partial charge in [0.25, 0.3) is 0 Å². The Hall–Kier alpha value is -2.09. The van der Waals surface area contributed by atoms with Gasteiger partial charge in [0, 0.05) is 10.7 Å². The van der Waals surface area contributed by atoms with Crippen LogP contribution in [0.25, 0.3) is 0 Å². The molecule has 0 aliphatic heterocycles. The summed E-state index contributed by atoms with van der Waals surface area (Å²) in [5.41, 5.74) is 1.38. The number of hydrogen-bond acceptors (Lipinski definition) is 4. The van der Waals surface area contributed by atoms with Crippen molar-refractivity contribution in [3.63, 3.8) is 0 Å². The van der Waals surface area contributed by atoms with Crippen molar-refractivity contribution < 1.29 is 17.9 Å². The molecule has 2 N–H and O–H groups in total. The molecule has 0 saturated carbocycles. The summed E-state index contributed by atoms with van der Waals surface area (Å²) < 4.78 is 33.1. The SMILES string of the molecule is COc1ccc(S(=O)(=O)N[C@H](CC(C)C)C(=O)Nc2ccc(Cl)cc2C)cc1. The maximum Gasteiger partial charge on any atom is 0.242 e. The van der Waals surface area contributed by atoms with Crippen LogP contribution in [0.2, 0.25) is 5.02 Å². The minimum Gasteiger partial charge on any atom is -0.497 e. The van der Waals surface area contributed by atoms with Gasteiger partial charge in [-0.25, -0.2) is 8.42 Å². The molecule has 0 radical (unpaired) electrons. The zero-order valence-corrected chi connectivity index (χ0v) is 17.9. The third-order valence-corrected chi connectivity index (χ3v) is 5.86. The zero-order chi connectivity index (χ0) is 20.9.